The first-order valence-electron chi connectivity index (χ1n) is 6.09. The summed E-state index contributed by atoms with van der Waals surface area (Å²) in [5, 5.41) is 2.58. The number of halogens is 4. The maximum atomic E-state index is 12.6. The van der Waals surface area contributed by atoms with Crippen LogP contribution in [0.5, 0.6) is 0 Å². The second-order valence-electron chi connectivity index (χ2n) is 4.44. The van der Waals surface area contributed by atoms with Crippen LogP contribution in [0.2, 0.25) is 5.02 Å². The van der Waals surface area contributed by atoms with Crippen LogP contribution in [-0.2, 0) is 17.5 Å². The van der Waals surface area contributed by atoms with E-state index in [0.29, 0.717) is 0 Å². The van der Waals surface area contributed by atoms with Gasteiger partial charge in [0.25, 0.3) is 5.56 Å². The van der Waals surface area contributed by atoms with E-state index in [1.165, 1.54) is 30.5 Å². The predicted molar refractivity (Wildman–Crippen MR) is 75.8 cm³/mol. The summed E-state index contributed by atoms with van der Waals surface area (Å²) in [4.78, 5) is 23.3. The molecule has 0 saturated carbocycles. The Bertz CT molecular complexity index is 756. The highest BCUT2D eigenvalue weighted by Crippen LogP contribution is 2.30. The maximum Gasteiger partial charge on any atom is 0.416 e. The van der Waals surface area contributed by atoms with Crippen molar-refractivity contribution in [3.63, 3.8) is 0 Å². The van der Waals surface area contributed by atoms with Crippen LogP contribution >= 0.6 is 11.6 Å². The van der Waals surface area contributed by atoms with Crippen LogP contribution in [-0.4, -0.2) is 10.5 Å². The zero-order chi connectivity index (χ0) is 16.3. The highest BCUT2D eigenvalue weighted by molar-refractivity contribution is 6.30. The first-order chi connectivity index (χ1) is 10.3. The number of benzene rings is 1. The predicted octanol–water partition coefficient (Wildman–Crippen LogP) is 3.16. The highest BCUT2D eigenvalue weighted by Gasteiger charge is 2.30. The number of alkyl halides is 3. The lowest BCUT2D eigenvalue weighted by molar-refractivity contribution is -0.137. The number of anilines is 1. The van der Waals surface area contributed by atoms with Crippen LogP contribution in [0, 0.1) is 0 Å². The minimum Gasteiger partial charge on any atom is -0.325 e. The van der Waals surface area contributed by atoms with E-state index in [2.05, 4.69) is 5.32 Å². The fourth-order valence-electron chi connectivity index (χ4n) is 1.75. The minimum atomic E-state index is -4.50. The Morgan fingerprint density at radius 2 is 1.95 bits per heavy atom. The van der Waals surface area contributed by atoms with Crippen molar-refractivity contribution in [2.45, 2.75) is 12.7 Å². The van der Waals surface area contributed by atoms with E-state index in [-0.39, 0.29) is 17.3 Å². The van der Waals surface area contributed by atoms with Crippen LogP contribution in [0.15, 0.2) is 47.4 Å². The van der Waals surface area contributed by atoms with Crippen LogP contribution in [0.3, 0.4) is 0 Å². The molecule has 2 aromatic rings. The standard InChI is InChI=1S/C14H10ClF3N2O2/c15-10-4-5-13(22)20(7-10)8-12(21)19-11-3-1-2-9(6-11)14(16,17)18/h1-7H,8H2,(H,19,21). The molecule has 0 radical (unpaired) electrons. The second-order valence-corrected chi connectivity index (χ2v) is 4.88. The molecule has 0 saturated heterocycles. The Labute approximate surface area is 128 Å². The summed E-state index contributed by atoms with van der Waals surface area (Å²) in [6.07, 6.45) is -3.22. The molecular formula is C14H10ClF3N2O2. The van der Waals surface area contributed by atoms with Crippen LogP contribution in [0.1, 0.15) is 5.56 Å². The van der Waals surface area contributed by atoms with Gasteiger partial charge < -0.3 is 9.88 Å². The number of carbonyl (C=O) groups is 1. The number of amides is 1. The number of nitrogens with zero attached hydrogens (tertiary/aromatic N) is 1. The third-order valence-corrected chi connectivity index (χ3v) is 2.96. The number of rotatable bonds is 3. The average Bonchev–Trinajstić information content (AvgIpc) is 2.42. The Hall–Kier alpha value is -2.28. The molecule has 4 nitrogen and oxygen atoms in total. The summed E-state index contributed by atoms with van der Waals surface area (Å²) in [7, 11) is 0. The average molecular weight is 331 g/mol. The molecule has 0 bridgehead atoms. The van der Waals surface area contributed by atoms with Crippen molar-refractivity contribution >= 4 is 23.2 Å². The molecule has 1 amide bonds. The van der Waals surface area contributed by atoms with Gasteiger partial charge in [0, 0.05) is 18.0 Å². The number of nitrogens with one attached hydrogen (secondary N) is 1. The van der Waals surface area contributed by atoms with E-state index < -0.39 is 23.2 Å². The number of pyridine rings is 1. The van der Waals surface area contributed by atoms with Gasteiger partial charge in [-0.3, -0.25) is 9.59 Å². The highest BCUT2D eigenvalue weighted by atomic mass is 35.5. The van der Waals surface area contributed by atoms with E-state index in [0.717, 1.165) is 16.7 Å². The van der Waals surface area contributed by atoms with Gasteiger partial charge in [-0.15, -0.1) is 0 Å². The largest absolute Gasteiger partial charge is 0.416 e. The minimum absolute atomic E-state index is 0.00472. The van der Waals surface area contributed by atoms with Crippen molar-refractivity contribution in [3.05, 3.63) is 63.5 Å². The van der Waals surface area contributed by atoms with Crippen molar-refractivity contribution in [2.75, 3.05) is 5.32 Å². The van der Waals surface area contributed by atoms with Crippen LogP contribution < -0.4 is 10.9 Å². The van der Waals surface area contributed by atoms with Gasteiger partial charge in [-0.2, -0.15) is 13.2 Å². The third kappa shape index (κ3) is 4.11. The summed E-state index contributed by atoms with van der Waals surface area (Å²) in [5.41, 5.74) is -1.32. The molecule has 1 aromatic carbocycles. The van der Waals surface area contributed by atoms with Gasteiger partial charge in [-0.25, -0.2) is 0 Å². The Kier molecular flexibility index (Phi) is 4.56. The van der Waals surface area contributed by atoms with Gasteiger partial charge in [0.2, 0.25) is 5.91 Å². The molecule has 1 aromatic heterocycles. The van der Waals surface area contributed by atoms with Crippen molar-refractivity contribution < 1.29 is 18.0 Å². The summed E-state index contributed by atoms with van der Waals surface area (Å²) in [6.45, 7) is -0.352. The molecule has 0 fully saturated rings. The Morgan fingerprint density at radius 1 is 1.23 bits per heavy atom. The molecule has 8 heteroatoms. The fourth-order valence-corrected chi connectivity index (χ4v) is 1.94. The molecule has 0 atom stereocenters. The van der Waals surface area contributed by atoms with E-state index in [1.54, 1.807) is 0 Å². The number of carbonyl (C=O) groups excluding carboxylic acids is 1. The molecule has 0 aliphatic carbocycles. The molecule has 1 heterocycles. The molecule has 22 heavy (non-hydrogen) atoms. The fraction of sp³-hybridized carbons (Fsp3) is 0.143. The maximum absolute atomic E-state index is 12.6. The molecule has 0 unspecified atom stereocenters. The third-order valence-electron chi connectivity index (χ3n) is 2.73. The van der Waals surface area contributed by atoms with Gasteiger partial charge in [0.05, 0.1) is 10.6 Å². The Balaban J connectivity index is 2.13. The topological polar surface area (TPSA) is 51.1 Å². The van der Waals surface area contributed by atoms with Crippen molar-refractivity contribution in [3.8, 4) is 0 Å². The SMILES string of the molecule is O=C(Cn1cc(Cl)ccc1=O)Nc1cccc(C(F)(F)F)c1. The van der Waals surface area contributed by atoms with Gasteiger partial charge in [0.15, 0.2) is 0 Å². The lowest BCUT2D eigenvalue weighted by Crippen LogP contribution is -2.26. The summed E-state index contributed by atoms with van der Waals surface area (Å²) in [5.74, 6) is -0.635. The van der Waals surface area contributed by atoms with Crippen molar-refractivity contribution in [1.82, 2.24) is 4.57 Å². The quantitative estimate of drug-likeness (QED) is 0.940. The number of hydrogen-bond acceptors (Lipinski definition) is 2. The summed E-state index contributed by atoms with van der Waals surface area (Å²) in [6, 6.07) is 6.80. The molecule has 0 aliphatic heterocycles. The number of hydrogen-bond donors (Lipinski definition) is 1. The molecule has 1 N–H and O–H groups in total. The first kappa shape index (κ1) is 16.1. The van der Waals surface area contributed by atoms with Gasteiger partial charge >= 0.3 is 6.18 Å². The van der Waals surface area contributed by atoms with Gasteiger partial charge in [-0.1, -0.05) is 17.7 Å². The second kappa shape index (κ2) is 6.23. The van der Waals surface area contributed by atoms with Crippen molar-refractivity contribution in [2.24, 2.45) is 0 Å². The van der Waals surface area contributed by atoms with E-state index in [9.17, 15) is 22.8 Å². The monoisotopic (exact) mass is 330 g/mol. The molecule has 116 valence electrons. The van der Waals surface area contributed by atoms with Crippen LogP contribution in [0.25, 0.3) is 0 Å². The van der Waals surface area contributed by atoms with Crippen molar-refractivity contribution in [1.29, 1.82) is 0 Å². The van der Waals surface area contributed by atoms with E-state index in [4.69, 9.17) is 11.6 Å². The zero-order valence-electron chi connectivity index (χ0n) is 11.0. The zero-order valence-corrected chi connectivity index (χ0v) is 11.8. The van der Waals surface area contributed by atoms with Crippen LogP contribution in [0.4, 0.5) is 18.9 Å². The molecular weight excluding hydrogens is 321 g/mol. The smallest absolute Gasteiger partial charge is 0.325 e. The van der Waals surface area contributed by atoms with E-state index in [1.807, 2.05) is 0 Å². The number of aromatic nitrogens is 1. The molecule has 0 aliphatic rings. The molecule has 2 rings (SSSR count). The first-order valence-corrected chi connectivity index (χ1v) is 6.46. The van der Waals surface area contributed by atoms with Gasteiger partial charge in [-0.05, 0) is 24.3 Å². The lowest BCUT2D eigenvalue weighted by atomic mass is 10.2. The molecule has 0 spiro atoms. The van der Waals surface area contributed by atoms with Gasteiger partial charge in [0.1, 0.15) is 6.54 Å². The van der Waals surface area contributed by atoms with E-state index >= 15 is 0 Å². The summed E-state index contributed by atoms with van der Waals surface area (Å²) >= 11 is 5.71. The Morgan fingerprint density at radius 3 is 2.64 bits per heavy atom. The lowest BCUT2D eigenvalue weighted by Gasteiger charge is -2.10. The normalized spacial score (nSPS) is 11.3. The summed E-state index contributed by atoms with van der Waals surface area (Å²) < 4.78 is 38.8.